The van der Waals surface area contributed by atoms with Crippen molar-refractivity contribution < 1.29 is 28.7 Å². The van der Waals surface area contributed by atoms with E-state index in [0.717, 1.165) is 0 Å². The molecule has 11 nitrogen and oxygen atoms in total. The van der Waals surface area contributed by atoms with E-state index in [4.69, 9.17) is 9.47 Å². The van der Waals surface area contributed by atoms with Crippen molar-refractivity contribution in [2.45, 2.75) is 64.8 Å². The first-order valence-corrected chi connectivity index (χ1v) is 13.5. The summed E-state index contributed by atoms with van der Waals surface area (Å²) in [5.41, 5.74) is 0.684. The number of hydrogen-bond acceptors (Lipinski definition) is 7. The number of likely N-dealkylation sites (tertiary alicyclic amines) is 1. The molecule has 1 aromatic carbocycles. The van der Waals surface area contributed by atoms with E-state index in [9.17, 15) is 19.2 Å². The van der Waals surface area contributed by atoms with Crippen LogP contribution >= 0.6 is 0 Å². The Hall–Kier alpha value is -3.60. The summed E-state index contributed by atoms with van der Waals surface area (Å²) in [6.45, 7) is 7.82. The number of carbonyl (C=O) groups is 4. The molecule has 1 fully saturated rings. The second-order valence-electron chi connectivity index (χ2n) is 10.4. The van der Waals surface area contributed by atoms with Crippen LogP contribution in [-0.2, 0) is 19.2 Å². The van der Waals surface area contributed by atoms with Gasteiger partial charge in [0.1, 0.15) is 35.7 Å². The van der Waals surface area contributed by atoms with Gasteiger partial charge < -0.3 is 35.6 Å². The molecule has 2 bridgehead atoms. The molecule has 0 unspecified atom stereocenters. The summed E-state index contributed by atoms with van der Waals surface area (Å²) in [6, 6.07) is 2.60. The largest absolute Gasteiger partial charge is 0.496 e. The Morgan fingerprint density at radius 3 is 2.59 bits per heavy atom. The van der Waals surface area contributed by atoms with E-state index >= 15 is 0 Å². The number of likely N-dealkylation sites (N-methyl/N-ethyl adjacent to an activating group) is 1. The molecule has 214 valence electrons. The first-order valence-electron chi connectivity index (χ1n) is 13.5. The fraction of sp³-hybridized carbons (Fsp3) is 0.571. The molecule has 0 spiro atoms. The van der Waals surface area contributed by atoms with Gasteiger partial charge in [-0.05, 0) is 43.2 Å². The Morgan fingerprint density at radius 2 is 1.95 bits per heavy atom. The number of ether oxygens (including phenoxy) is 2. The molecule has 0 aromatic heterocycles. The van der Waals surface area contributed by atoms with Crippen LogP contribution in [0.5, 0.6) is 11.5 Å². The van der Waals surface area contributed by atoms with Gasteiger partial charge in [0.2, 0.25) is 23.6 Å². The first kappa shape index (κ1) is 29.9. The monoisotopic (exact) mass is 543 g/mol. The minimum Gasteiger partial charge on any atom is -0.496 e. The summed E-state index contributed by atoms with van der Waals surface area (Å²) in [7, 11) is 3.20. The van der Waals surface area contributed by atoms with Crippen molar-refractivity contribution in [2.24, 2.45) is 11.8 Å². The number of benzene rings is 1. The Labute approximate surface area is 230 Å². The van der Waals surface area contributed by atoms with E-state index in [0.29, 0.717) is 29.9 Å². The van der Waals surface area contributed by atoms with Gasteiger partial charge in [0.25, 0.3) is 0 Å². The summed E-state index contributed by atoms with van der Waals surface area (Å²) in [5, 5.41) is 11.2. The molecule has 2 aliphatic rings. The van der Waals surface area contributed by atoms with Gasteiger partial charge in [-0.25, -0.2) is 0 Å². The van der Waals surface area contributed by atoms with Crippen LogP contribution in [0.25, 0.3) is 6.08 Å². The molecule has 5 atom stereocenters. The van der Waals surface area contributed by atoms with Crippen LogP contribution in [0.15, 0.2) is 24.4 Å². The third kappa shape index (κ3) is 7.08. The molecule has 3 rings (SSSR count). The number of methoxy groups -OCH3 is 1. The maximum Gasteiger partial charge on any atom is 0.247 e. The smallest absolute Gasteiger partial charge is 0.247 e. The zero-order valence-corrected chi connectivity index (χ0v) is 23.6. The number of amides is 4. The molecule has 4 N–H and O–H groups in total. The van der Waals surface area contributed by atoms with Crippen molar-refractivity contribution in [3.05, 3.63) is 30.0 Å². The topological polar surface area (TPSA) is 138 Å². The number of nitrogens with zero attached hydrogens (tertiary/aromatic N) is 1. The van der Waals surface area contributed by atoms with Gasteiger partial charge in [-0.15, -0.1) is 0 Å². The zero-order valence-electron chi connectivity index (χ0n) is 23.6. The lowest BCUT2D eigenvalue weighted by molar-refractivity contribution is -0.144. The van der Waals surface area contributed by atoms with Crippen molar-refractivity contribution in [1.29, 1.82) is 0 Å². The molecule has 1 saturated heterocycles. The van der Waals surface area contributed by atoms with Gasteiger partial charge in [-0.2, -0.15) is 0 Å². The number of carbonyl (C=O) groups excluding carboxylic acids is 4. The first-order chi connectivity index (χ1) is 18.6. The summed E-state index contributed by atoms with van der Waals surface area (Å²) >= 11 is 0. The molecule has 39 heavy (non-hydrogen) atoms. The van der Waals surface area contributed by atoms with Crippen molar-refractivity contribution in [3.63, 3.8) is 0 Å². The Morgan fingerprint density at radius 1 is 1.21 bits per heavy atom. The number of nitrogens with one attached hydrogen (secondary N) is 4. The summed E-state index contributed by atoms with van der Waals surface area (Å²) in [5.74, 6) is -0.827. The summed E-state index contributed by atoms with van der Waals surface area (Å²) < 4.78 is 11.8. The molecule has 0 radical (unpaired) electrons. The highest BCUT2D eigenvalue weighted by Gasteiger charge is 2.47. The van der Waals surface area contributed by atoms with Crippen LogP contribution < -0.4 is 30.7 Å². The Balaban J connectivity index is 2.02. The number of rotatable bonds is 8. The van der Waals surface area contributed by atoms with Crippen LogP contribution in [0.4, 0.5) is 0 Å². The second kappa shape index (κ2) is 13.5. The zero-order chi connectivity index (χ0) is 28.7. The predicted octanol–water partition coefficient (Wildman–Crippen LogP) is 1.04. The number of fused-ring (bicyclic) bond motifs is 3. The lowest BCUT2D eigenvalue weighted by atomic mass is 9.97. The van der Waals surface area contributed by atoms with Crippen LogP contribution in [-0.4, -0.2) is 80.0 Å². The van der Waals surface area contributed by atoms with Crippen LogP contribution in [0.1, 0.15) is 46.1 Å². The Bertz CT molecular complexity index is 1090. The summed E-state index contributed by atoms with van der Waals surface area (Å²) in [6.07, 6.45) is 3.61. The molecular weight excluding hydrogens is 502 g/mol. The van der Waals surface area contributed by atoms with Gasteiger partial charge >= 0.3 is 0 Å². The second-order valence-corrected chi connectivity index (χ2v) is 10.4. The third-order valence-electron chi connectivity index (χ3n) is 7.25. The highest BCUT2D eigenvalue weighted by Crippen LogP contribution is 2.30. The normalized spacial score (nSPS) is 22.7. The molecule has 2 heterocycles. The minimum atomic E-state index is -1.00. The fourth-order valence-electron chi connectivity index (χ4n) is 4.86. The fourth-order valence-corrected chi connectivity index (χ4v) is 4.86. The lowest BCUT2D eigenvalue weighted by Gasteiger charge is -2.33. The molecule has 4 amide bonds. The average molecular weight is 544 g/mol. The van der Waals surface area contributed by atoms with E-state index < -0.39 is 30.1 Å². The van der Waals surface area contributed by atoms with E-state index in [2.05, 4.69) is 21.3 Å². The van der Waals surface area contributed by atoms with Gasteiger partial charge in [0.05, 0.1) is 13.7 Å². The van der Waals surface area contributed by atoms with Crippen molar-refractivity contribution in [2.75, 3.05) is 27.2 Å². The maximum atomic E-state index is 13.8. The third-order valence-corrected chi connectivity index (χ3v) is 7.25. The molecule has 1 aromatic rings. The van der Waals surface area contributed by atoms with Gasteiger partial charge in [0, 0.05) is 24.7 Å². The number of hydrogen-bond donors (Lipinski definition) is 4. The molecule has 0 saturated carbocycles. The van der Waals surface area contributed by atoms with Crippen LogP contribution in [0.3, 0.4) is 0 Å². The highest BCUT2D eigenvalue weighted by atomic mass is 16.5. The van der Waals surface area contributed by atoms with Gasteiger partial charge in [0.15, 0.2) is 0 Å². The summed E-state index contributed by atoms with van der Waals surface area (Å²) in [4.78, 5) is 54.6. The highest BCUT2D eigenvalue weighted by molar-refractivity contribution is 5.95. The van der Waals surface area contributed by atoms with Crippen LogP contribution in [0, 0.1) is 11.8 Å². The average Bonchev–Trinajstić information content (AvgIpc) is 3.32. The predicted molar refractivity (Wildman–Crippen MR) is 147 cm³/mol. The van der Waals surface area contributed by atoms with E-state index in [1.165, 1.54) is 11.1 Å². The van der Waals surface area contributed by atoms with Crippen molar-refractivity contribution >= 4 is 29.7 Å². The van der Waals surface area contributed by atoms with Gasteiger partial charge in [-0.1, -0.05) is 34.1 Å². The molecule has 2 aliphatic heterocycles. The minimum absolute atomic E-state index is 0.0612. The van der Waals surface area contributed by atoms with E-state index in [1.54, 1.807) is 38.4 Å². The van der Waals surface area contributed by atoms with Crippen molar-refractivity contribution in [3.8, 4) is 11.5 Å². The molecule has 0 aliphatic carbocycles. The Kier molecular flexibility index (Phi) is 10.3. The quantitative estimate of drug-likeness (QED) is 0.384. The van der Waals surface area contributed by atoms with E-state index in [1.807, 2.05) is 27.7 Å². The molecule has 11 heteroatoms. The SMILES string of the molecule is CC[C@H](C)[C@@H]1NC(=O)[C@@H]2[C@H](CCN2C(=O)[C@@H](NC(=O)CNC)C(C)C)Oc2ccc(OC)c(c2)C=CNC1=O. The maximum absolute atomic E-state index is 13.8. The van der Waals surface area contributed by atoms with Crippen LogP contribution in [0.2, 0.25) is 0 Å². The van der Waals surface area contributed by atoms with Gasteiger partial charge in [-0.3, -0.25) is 19.2 Å². The standard InChI is InChI=1S/C28H41N5O6/c1-7-17(4)24-26(35)30-12-10-18-14-19(8-9-20(18)38-6)39-21-11-13-33(25(21)27(36)32-24)28(37)23(16(2)3)31-22(34)15-29-5/h8-10,12,14,16-17,21,23-25,29H,7,11,13,15H2,1-6H3,(H,30,35)(H,31,34)(H,32,36)/t17-,21-,23-,24-,25-/m0/s1. The van der Waals surface area contributed by atoms with Crippen molar-refractivity contribution in [1.82, 2.24) is 26.2 Å². The molecular formula is C28H41N5O6. The lowest BCUT2D eigenvalue weighted by Crippen LogP contribution is -2.60. The van der Waals surface area contributed by atoms with E-state index in [-0.39, 0.29) is 42.6 Å².